The molecule has 1 N–H and O–H groups in total. The first-order valence-electron chi connectivity index (χ1n) is 8.38. The minimum atomic E-state index is -2.94. The molecule has 0 spiro atoms. The van der Waals surface area contributed by atoms with Gasteiger partial charge in [0.05, 0.1) is 5.56 Å². The van der Waals surface area contributed by atoms with E-state index < -0.39 is 6.61 Å². The Morgan fingerprint density at radius 2 is 2.15 bits per heavy atom. The van der Waals surface area contributed by atoms with E-state index in [1.165, 1.54) is 11.0 Å². The number of urea groups is 1. The van der Waals surface area contributed by atoms with Crippen molar-refractivity contribution in [2.75, 3.05) is 19.4 Å². The van der Waals surface area contributed by atoms with Crippen molar-refractivity contribution in [3.63, 3.8) is 0 Å². The van der Waals surface area contributed by atoms with Gasteiger partial charge in [-0.2, -0.15) is 8.78 Å². The van der Waals surface area contributed by atoms with Gasteiger partial charge in [0.1, 0.15) is 17.6 Å². The second-order valence-electron chi connectivity index (χ2n) is 6.27. The molecule has 1 aliphatic heterocycles. The van der Waals surface area contributed by atoms with Crippen molar-refractivity contribution < 1.29 is 23.0 Å². The molecule has 2 aromatic rings. The minimum absolute atomic E-state index is 0.0471. The fourth-order valence-electron chi connectivity index (χ4n) is 2.98. The summed E-state index contributed by atoms with van der Waals surface area (Å²) >= 11 is 0. The quantitative estimate of drug-likeness (QED) is 0.745. The first-order chi connectivity index (χ1) is 12.9. The van der Waals surface area contributed by atoms with Crippen molar-refractivity contribution in [3.05, 3.63) is 54.6 Å². The van der Waals surface area contributed by atoms with Crippen molar-refractivity contribution in [1.82, 2.24) is 4.90 Å². The van der Waals surface area contributed by atoms with Gasteiger partial charge < -0.3 is 19.7 Å². The lowest BCUT2D eigenvalue weighted by Gasteiger charge is -2.30. The highest BCUT2D eigenvalue weighted by molar-refractivity contribution is 5.90. The lowest BCUT2D eigenvalue weighted by Crippen LogP contribution is -2.27. The zero-order valence-electron chi connectivity index (χ0n) is 15.0. The lowest BCUT2D eigenvalue weighted by molar-refractivity contribution is -0.0496. The van der Waals surface area contributed by atoms with Gasteiger partial charge in [-0.15, -0.1) is 6.58 Å². The van der Waals surface area contributed by atoms with Crippen LogP contribution in [0.5, 0.6) is 11.5 Å². The summed E-state index contributed by atoms with van der Waals surface area (Å²) in [6.07, 6.45) is 1.91. The minimum Gasteiger partial charge on any atom is -0.485 e. The van der Waals surface area contributed by atoms with Gasteiger partial charge in [0, 0.05) is 31.8 Å². The Balaban J connectivity index is 2.09. The van der Waals surface area contributed by atoms with Crippen LogP contribution >= 0.6 is 0 Å². The van der Waals surface area contributed by atoms with Crippen molar-refractivity contribution in [1.29, 1.82) is 0 Å². The average Bonchev–Trinajstić information content (AvgIpc) is 2.61. The zero-order chi connectivity index (χ0) is 19.6. The molecule has 0 bridgehead atoms. The number of carbonyl (C=O) groups excluding carboxylic acids is 1. The van der Waals surface area contributed by atoms with Gasteiger partial charge >= 0.3 is 12.6 Å². The van der Waals surface area contributed by atoms with Gasteiger partial charge in [-0.05, 0) is 29.8 Å². The van der Waals surface area contributed by atoms with E-state index in [1.54, 1.807) is 50.5 Å². The second-order valence-corrected chi connectivity index (χ2v) is 6.27. The first kappa shape index (κ1) is 18.7. The molecule has 27 heavy (non-hydrogen) atoms. The van der Waals surface area contributed by atoms with Crippen LogP contribution in [0, 0.1) is 0 Å². The number of ether oxygens (including phenoxy) is 2. The first-order valence-corrected chi connectivity index (χ1v) is 8.38. The molecular formula is C20H20F2N2O3. The number of alkyl halides is 2. The van der Waals surface area contributed by atoms with E-state index in [9.17, 15) is 13.6 Å². The molecule has 0 radical (unpaired) electrons. The zero-order valence-corrected chi connectivity index (χ0v) is 15.0. The SMILES string of the molecule is C=CCC1Oc2cccc(OC(F)F)c2-c2ccc(NC(=O)N(C)C)cc21. The van der Waals surface area contributed by atoms with E-state index in [4.69, 9.17) is 4.74 Å². The Morgan fingerprint density at radius 1 is 1.37 bits per heavy atom. The maximum atomic E-state index is 12.8. The molecule has 2 aromatic carbocycles. The molecule has 0 saturated heterocycles. The number of halogens is 2. The third kappa shape index (κ3) is 3.86. The smallest absolute Gasteiger partial charge is 0.387 e. The Morgan fingerprint density at radius 3 is 2.81 bits per heavy atom. The van der Waals surface area contributed by atoms with Crippen molar-refractivity contribution in [2.45, 2.75) is 19.1 Å². The summed E-state index contributed by atoms with van der Waals surface area (Å²) in [6.45, 7) is 0.814. The van der Waals surface area contributed by atoms with Crippen LogP contribution in [0.1, 0.15) is 18.1 Å². The standard InChI is InChI=1S/C20H20F2N2O3/c1-4-6-15-14-11-12(23-20(25)24(2)3)9-10-13(14)18-16(26-15)7-5-8-17(18)27-19(21)22/h4-5,7-11,15,19H,1,6H2,2-3H3,(H,23,25). The third-order valence-electron chi connectivity index (χ3n) is 4.18. The molecule has 142 valence electrons. The number of fused-ring (bicyclic) bond motifs is 3. The number of hydrogen-bond donors (Lipinski definition) is 1. The number of nitrogens with zero attached hydrogens (tertiary/aromatic N) is 1. The molecule has 1 unspecified atom stereocenters. The van der Waals surface area contributed by atoms with Gasteiger partial charge in [0.25, 0.3) is 0 Å². The van der Waals surface area contributed by atoms with E-state index in [1.807, 2.05) is 0 Å². The molecule has 0 aromatic heterocycles. The van der Waals surface area contributed by atoms with Gasteiger partial charge in [-0.25, -0.2) is 4.79 Å². The maximum Gasteiger partial charge on any atom is 0.387 e. The molecule has 1 heterocycles. The van der Waals surface area contributed by atoms with Crippen LogP contribution in [-0.2, 0) is 0 Å². The Kier molecular flexibility index (Phi) is 5.30. The number of carbonyl (C=O) groups is 1. The summed E-state index contributed by atoms with van der Waals surface area (Å²) in [5, 5.41) is 2.78. The van der Waals surface area contributed by atoms with E-state index in [0.29, 0.717) is 23.4 Å². The Bertz CT molecular complexity index is 868. The van der Waals surface area contributed by atoms with E-state index in [0.717, 1.165) is 11.1 Å². The topological polar surface area (TPSA) is 50.8 Å². The molecule has 0 fully saturated rings. The molecule has 0 aliphatic carbocycles. The van der Waals surface area contributed by atoms with Gasteiger partial charge in [-0.1, -0.05) is 18.2 Å². The summed E-state index contributed by atoms with van der Waals surface area (Å²) in [5.41, 5.74) is 2.55. The maximum absolute atomic E-state index is 12.8. The van der Waals surface area contributed by atoms with Gasteiger partial charge in [0.15, 0.2) is 0 Å². The number of anilines is 1. The molecule has 0 saturated carbocycles. The van der Waals surface area contributed by atoms with Crippen molar-refractivity contribution >= 4 is 11.7 Å². The van der Waals surface area contributed by atoms with Crippen LogP contribution in [0.2, 0.25) is 0 Å². The van der Waals surface area contributed by atoms with Crippen molar-refractivity contribution in [3.8, 4) is 22.6 Å². The van der Waals surface area contributed by atoms with Gasteiger partial charge in [0.2, 0.25) is 0 Å². The second kappa shape index (κ2) is 7.65. The summed E-state index contributed by atoms with van der Waals surface area (Å²) in [5.74, 6) is 0.517. The number of hydrogen-bond acceptors (Lipinski definition) is 3. The molecule has 1 aliphatic rings. The van der Waals surface area contributed by atoms with Crippen molar-refractivity contribution in [2.24, 2.45) is 0 Å². The van der Waals surface area contributed by atoms with Crippen LogP contribution in [0.4, 0.5) is 19.3 Å². The highest BCUT2D eigenvalue weighted by atomic mass is 19.3. The lowest BCUT2D eigenvalue weighted by atomic mass is 9.90. The largest absolute Gasteiger partial charge is 0.485 e. The monoisotopic (exact) mass is 374 g/mol. The van der Waals surface area contributed by atoms with E-state index >= 15 is 0 Å². The summed E-state index contributed by atoms with van der Waals surface area (Å²) in [7, 11) is 3.28. The molecule has 2 amide bonds. The van der Waals surface area contributed by atoms with Crippen LogP contribution in [0.25, 0.3) is 11.1 Å². The molecule has 3 rings (SSSR count). The summed E-state index contributed by atoms with van der Waals surface area (Å²) < 4.78 is 36.3. The average molecular weight is 374 g/mol. The number of benzene rings is 2. The molecule has 7 heteroatoms. The number of nitrogens with one attached hydrogen (secondary N) is 1. The fourth-order valence-corrected chi connectivity index (χ4v) is 2.98. The highest BCUT2D eigenvalue weighted by Crippen LogP contribution is 2.49. The highest BCUT2D eigenvalue weighted by Gasteiger charge is 2.29. The molecule has 5 nitrogen and oxygen atoms in total. The number of rotatable bonds is 5. The van der Waals surface area contributed by atoms with Crippen LogP contribution in [0.3, 0.4) is 0 Å². The van der Waals surface area contributed by atoms with Gasteiger partial charge in [-0.3, -0.25) is 0 Å². The van der Waals surface area contributed by atoms with Crippen LogP contribution in [-0.4, -0.2) is 31.6 Å². The summed E-state index contributed by atoms with van der Waals surface area (Å²) in [4.78, 5) is 13.3. The summed E-state index contributed by atoms with van der Waals surface area (Å²) in [6, 6.07) is 9.82. The predicted octanol–water partition coefficient (Wildman–Crippen LogP) is 5.06. The predicted molar refractivity (Wildman–Crippen MR) is 99.4 cm³/mol. The van der Waals surface area contributed by atoms with Crippen LogP contribution in [0.15, 0.2) is 49.1 Å². The molecular weight excluding hydrogens is 354 g/mol. The number of amides is 2. The van der Waals surface area contributed by atoms with E-state index in [-0.39, 0.29) is 17.9 Å². The Labute approximate surface area is 156 Å². The normalized spacial score (nSPS) is 14.6. The Hall–Kier alpha value is -3.09. The fraction of sp³-hybridized carbons (Fsp3) is 0.250. The van der Waals surface area contributed by atoms with E-state index in [2.05, 4.69) is 16.6 Å². The molecule has 1 atom stereocenters. The van der Waals surface area contributed by atoms with Crippen LogP contribution < -0.4 is 14.8 Å². The third-order valence-corrected chi connectivity index (χ3v) is 4.18.